The Labute approximate surface area is 294 Å². The van der Waals surface area contributed by atoms with Gasteiger partial charge in [-0.25, -0.2) is 4.90 Å². The number of halogens is 1. The standard InChI is InChI=1S/C41H33ClN2O6/c1-3-23-12-15-27(16-13-23)43-37(46)30-18-17-29-31(35(30)39(43)48)22-32-38(47)44(28-11-7-10-26(42)21-28)40(49)41(32,25-8-5-4-6-9-25)36(29)24-14-19-34(50-2)33(45)20-24/h3-17,19-21,30-32,35-36,45H,1,18,22H2,2H3. The summed E-state index contributed by atoms with van der Waals surface area (Å²) in [6, 6.07) is 28.0. The summed E-state index contributed by atoms with van der Waals surface area (Å²) in [5.41, 5.74) is 2.29. The summed E-state index contributed by atoms with van der Waals surface area (Å²) in [6.07, 6.45) is 4.15. The van der Waals surface area contributed by atoms with Crippen LogP contribution in [0.3, 0.4) is 0 Å². The van der Waals surface area contributed by atoms with Gasteiger partial charge in [-0.3, -0.25) is 24.1 Å². The molecule has 0 radical (unpaired) electrons. The molecular weight excluding hydrogens is 652 g/mol. The zero-order valence-corrected chi connectivity index (χ0v) is 27.9. The van der Waals surface area contributed by atoms with Crippen molar-refractivity contribution < 1.29 is 29.0 Å². The number of hydrogen-bond donors (Lipinski definition) is 1. The highest BCUT2D eigenvalue weighted by atomic mass is 35.5. The lowest BCUT2D eigenvalue weighted by Gasteiger charge is -2.50. The minimum absolute atomic E-state index is 0.120. The minimum Gasteiger partial charge on any atom is -0.504 e. The van der Waals surface area contributed by atoms with Crippen molar-refractivity contribution in [2.45, 2.75) is 24.2 Å². The van der Waals surface area contributed by atoms with Crippen LogP contribution in [0.2, 0.25) is 5.02 Å². The van der Waals surface area contributed by atoms with Gasteiger partial charge >= 0.3 is 0 Å². The molecule has 4 amide bonds. The number of nitrogens with zero attached hydrogens (tertiary/aromatic N) is 2. The predicted molar refractivity (Wildman–Crippen MR) is 190 cm³/mol. The highest BCUT2D eigenvalue weighted by Gasteiger charge is 2.70. The van der Waals surface area contributed by atoms with Gasteiger partial charge in [-0.2, -0.15) is 0 Å². The van der Waals surface area contributed by atoms with E-state index in [1.54, 1.807) is 60.7 Å². The fraction of sp³-hybridized carbons (Fsp3) is 0.220. The van der Waals surface area contributed by atoms with E-state index in [0.717, 1.165) is 11.1 Å². The molecule has 1 saturated carbocycles. The van der Waals surface area contributed by atoms with Crippen molar-refractivity contribution in [1.82, 2.24) is 0 Å². The monoisotopic (exact) mass is 684 g/mol. The molecule has 1 N–H and O–H groups in total. The van der Waals surface area contributed by atoms with E-state index in [2.05, 4.69) is 6.58 Å². The lowest BCUT2D eigenvalue weighted by atomic mass is 9.49. The van der Waals surface area contributed by atoms with Crippen LogP contribution in [0.5, 0.6) is 11.5 Å². The normalized spacial score (nSPS) is 27.1. The zero-order valence-electron chi connectivity index (χ0n) is 27.2. The molecular formula is C41H33ClN2O6. The molecule has 8 rings (SSSR count). The number of benzene rings is 4. The summed E-state index contributed by atoms with van der Waals surface area (Å²) in [6.45, 7) is 3.79. The van der Waals surface area contributed by atoms with Gasteiger partial charge in [0.2, 0.25) is 23.6 Å². The summed E-state index contributed by atoms with van der Waals surface area (Å²) in [5.74, 6) is -4.86. The molecule has 2 aliphatic carbocycles. The fourth-order valence-electron chi connectivity index (χ4n) is 9.02. The van der Waals surface area contributed by atoms with Gasteiger partial charge in [-0.05, 0) is 77.9 Å². The fourth-order valence-corrected chi connectivity index (χ4v) is 9.20. The van der Waals surface area contributed by atoms with Crippen molar-refractivity contribution in [2.75, 3.05) is 16.9 Å². The summed E-state index contributed by atoms with van der Waals surface area (Å²) in [7, 11) is 1.46. The summed E-state index contributed by atoms with van der Waals surface area (Å²) < 4.78 is 5.37. The van der Waals surface area contributed by atoms with Crippen LogP contribution in [0.25, 0.3) is 6.08 Å². The Morgan fingerprint density at radius 3 is 2.28 bits per heavy atom. The molecule has 2 saturated heterocycles. The SMILES string of the molecule is C=Cc1ccc(N2C(=O)C3CC=C4C(CC5C(=O)N(c6cccc(Cl)c6)C(=O)C5(c5ccccc5)C4c4ccc(OC)c(O)c4)C3C2=O)cc1. The Balaban J connectivity index is 1.34. The second kappa shape index (κ2) is 11.8. The lowest BCUT2D eigenvalue weighted by molar-refractivity contribution is -0.127. The maximum atomic E-state index is 15.3. The first-order valence-electron chi connectivity index (χ1n) is 16.6. The number of phenolic OH excluding ortho intramolecular Hbond substituents is 1. The van der Waals surface area contributed by atoms with E-state index in [0.29, 0.717) is 27.5 Å². The average Bonchev–Trinajstić information content (AvgIpc) is 3.52. The van der Waals surface area contributed by atoms with Crippen molar-refractivity contribution in [3.05, 3.63) is 137 Å². The number of phenols is 1. The van der Waals surface area contributed by atoms with Crippen molar-refractivity contribution >= 4 is 52.7 Å². The molecule has 6 atom stereocenters. The number of anilines is 2. The van der Waals surface area contributed by atoms with Gasteiger partial charge in [-0.15, -0.1) is 0 Å². The highest BCUT2D eigenvalue weighted by Crippen LogP contribution is 2.64. The van der Waals surface area contributed by atoms with E-state index in [1.807, 2.05) is 48.5 Å². The number of ether oxygens (including phenoxy) is 1. The number of allylic oxidation sites excluding steroid dienone is 2. The van der Waals surface area contributed by atoms with Crippen LogP contribution in [-0.4, -0.2) is 35.8 Å². The molecule has 4 aliphatic rings. The number of carbonyl (C=O) groups is 4. The molecule has 250 valence electrons. The number of amides is 4. The first-order valence-corrected chi connectivity index (χ1v) is 16.9. The van der Waals surface area contributed by atoms with Crippen LogP contribution in [-0.2, 0) is 24.6 Å². The molecule has 3 fully saturated rings. The van der Waals surface area contributed by atoms with E-state index in [1.165, 1.54) is 16.9 Å². The van der Waals surface area contributed by atoms with Crippen molar-refractivity contribution in [2.24, 2.45) is 23.7 Å². The lowest BCUT2D eigenvalue weighted by Crippen LogP contribution is -2.53. The largest absolute Gasteiger partial charge is 0.504 e. The first kappa shape index (κ1) is 31.8. The number of hydrogen-bond acceptors (Lipinski definition) is 6. The topological polar surface area (TPSA) is 104 Å². The van der Waals surface area contributed by atoms with E-state index in [-0.39, 0.29) is 36.2 Å². The molecule has 6 unspecified atom stereocenters. The van der Waals surface area contributed by atoms with Crippen LogP contribution >= 0.6 is 11.6 Å². The Morgan fingerprint density at radius 1 is 0.840 bits per heavy atom. The van der Waals surface area contributed by atoms with Crippen LogP contribution in [0.1, 0.15) is 35.4 Å². The molecule has 0 bridgehead atoms. The highest BCUT2D eigenvalue weighted by molar-refractivity contribution is 6.32. The van der Waals surface area contributed by atoms with Crippen molar-refractivity contribution in [3.63, 3.8) is 0 Å². The van der Waals surface area contributed by atoms with Gasteiger partial charge in [0.25, 0.3) is 0 Å². The molecule has 4 aromatic carbocycles. The molecule has 2 aliphatic heterocycles. The third-order valence-electron chi connectivity index (χ3n) is 11.1. The quantitative estimate of drug-likeness (QED) is 0.172. The van der Waals surface area contributed by atoms with E-state index in [9.17, 15) is 19.5 Å². The molecule has 0 aromatic heterocycles. The Hall–Kier alpha value is -5.47. The number of imide groups is 2. The second-order valence-electron chi connectivity index (χ2n) is 13.3. The number of rotatable bonds is 6. The van der Waals surface area contributed by atoms with Crippen molar-refractivity contribution in [1.29, 1.82) is 0 Å². The molecule has 8 nitrogen and oxygen atoms in total. The van der Waals surface area contributed by atoms with Crippen LogP contribution in [0.4, 0.5) is 11.4 Å². The van der Waals surface area contributed by atoms with E-state index >= 15 is 4.79 Å². The van der Waals surface area contributed by atoms with Crippen LogP contribution < -0.4 is 14.5 Å². The van der Waals surface area contributed by atoms with Gasteiger partial charge in [0.05, 0.1) is 41.7 Å². The molecule has 50 heavy (non-hydrogen) atoms. The van der Waals surface area contributed by atoms with E-state index in [4.69, 9.17) is 16.3 Å². The summed E-state index contributed by atoms with van der Waals surface area (Å²) in [5, 5.41) is 11.5. The minimum atomic E-state index is -1.44. The smallest absolute Gasteiger partial charge is 0.246 e. The third-order valence-corrected chi connectivity index (χ3v) is 11.3. The number of carbonyl (C=O) groups excluding carboxylic acids is 4. The molecule has 2 heterocycles. The van der Waals surface area contributed by atoms with E-state index < -0.39 is 46.8 Å². The predicted octanol–water partition coefficient (Wildman–Crippen LogP) is 7.06. The van der Waals surface area contributed by atoms with Gasteiger partial charge in [0.15, 0.2) is 11.5 Å². The maximum absolute atomic E-state index is 15.3. The van der Waals surface area contributed by atoms with Crippen molar-refractivity contribution in [3.8, 4) is 11.5 Å². The third kappa shape index (κ3) is 4.44. The Bertz CT molecular complexity index is 2130. The zero-order chi connectivity index (χ0) is 34.9. The summed E-state index contributed by atoms with van der Waals surface area (Å²) >= 11 is 6.39. The Kier molecular flexibility index (Phi) is 7.53. The maximum Gasteiger partial charge on any atom is 0.246 e. The molecule has 0 spiro atoms. The number of aromatic hydroxyl groups is 1. The first-order chi connectivity index (χ1) is 24.2. The van der Waals surface area contributed by atoms with Crippen LogP contribution in [0, 0.1) is 23.7 Å². The number of fused-ring (bicyclic) bond motifs is 4. The summed E-state index contributed by atoms with van der Waals surface area (Å²) in [4.78, 5) is 61.1. The van der Waals surface area contributed by atoms with Gasteiger partial charge < -0.3 is 9.84 Å². The van der Waals surface area contributed by atoms with Gasteiger partial charge in [0.1, 0.15) is 0 Å². The molecule has 4 aromatic rings. The van der Waals surface area contributed by atoms with Crippen LogP contribution in [0.15, 0.2) is 115 Å². The molecule has 9 heteroatoms. The van der Waals surface area contributed by atoms with Gasteiger partial charge in [-0.1, -0.05) is 90.5 Å². The Morgan fingerprint density at radius 2 is 1.60 bits per heavy atom. The second-order valence-corrected chi connectivity index (χ2v) is 13.8. The van der Waals surface area contributed by atoms with Gasteiger partial charge in [0, 0.05) is 10.9 Å². The average molecular weight is 685 g/mol. The number of methoxy groups -OCH3 is 1.